The van der Waals surface area contributed by atoms with Crippen LogP contribution in [0.15, 0.2) is 34.2 Å². The van der Waals surface area contributed by atoms with Crippen molar-refractivity contribution in [3.8, 4) is 0 Å². The first-order valence-corrected chi connectivity index (χ1v) is 6.72. The number of hydrogen-bond donors (Lipinski definition) is 1. The summed E-state index contributed by atoms with van der Waals surface area (Å²) in [6.07, 6.45) is 1.83. The highest BCUT2D eigenvalue weighted by Crippen LogP contribution is 2.21. The molecule has 0 aliphatic heterocycles. The van der Waals surface area contributed by atoms with E-state index in [1.54, 1.807) is 11.3 Å². The van der Waals surface area contributed by atoms with Crippen molar-refractivity contribution in [3.63, 3.8) is 0 Å². The lowest BCUT2D eigenvalue weighted by Crippen LogP contribution is -2.12. The minimum Gasteiger partial charge on any atom is -0.308 e. The van der Waals surface area contributed by atoms with Gasteiger partial charge in [0.15, 0.2) is 0 Å². The Morgan fingerprint density at radius 3 is 2.76 bits per heavy atom. The molecule has 0 bridgehead atoms. The molecule has 0 spiro atoms. The molecular weight excluding hydrogens is 320 g/mol. The molecule has 2 aromatic heterocycles. The molecule has 0 unspecified atom stereocenters. The molecule has 92 valence electrons. The van der Waals surface area contributed by atoms with Crippen LogP contribution in [0, 0.1) is 6.92 Å². The van der Waals surface area contributed by atoms with Gasteiger partial charge < -0.3 is 5.32 Å². The average Bonchev–Trinajstić information content (AvgIpc) is 2.67. The number of hydrogen-bond acceptors (Lipinski definition) is 3. The molecule has 2 nitrogen and oxygen atoms in total. The zero-order valence-corrected chi connectivity index (χ0v) is 12.7. The summed E-state index contributed by atoms with van der Waals surface area (Å²) >= 11 is 5.23. The van der Waals surface area contributed by atoms with E-state index in [-0.39, 0.29) is 12.4 Å². The molecule has 5 heteroatoms. The molecule has 0 atom stereocenters. The number of nitrogens with one attached hydrogen (secondary N) is 1. The Kier molecular flexibility index (Phi) is 6.12. The fourth-order valence-electron chi connectivity index (χ4n) is 1.47. The monoisotopic (exact) mass is 332 g/mol. The van der Waals surface area contributed by atoms with Crippen LogP contribution >= 0.6 is 39.7 Å². The number of aromatic nitrogens is 1. The maximum absolute atomic E-state index is 4.26. The van der Waals surface area contributed by atoms with Crippen molar-refractivity contribution in [2.45, 2.75) is 20.0 Å². The van der Waals surface area contributed by atoms with Gasteiger partial charge in [-0.15, -0.1) is 23.7 Å². The van der Waals surface area contributed by atoms with Crippen molar-refractivity contribution >= 4 is 39.7 Å². The zero-order chi connectivity index (χ0) is 11.4. The van der Waals surface area contributed by atoms with Crippen LogP contribution in [0.1, 0.15) is 16.1 Å². The highest BCUT2D eigenvalue weighted by Gasteiger charge is 1.99. The van der Waals surface area contributed by atoms with Crippen LogP contribution in [-0.2, 0) is 13.1 Å². The molecule has 17 heavy (non-hydrogen) atoms. The van der Waals surface area contributed by atoms with Gasteiger partial charge in [-0.3, -0.25) is 4.98 Å². The standard InChI is InChI=1S/C12H13BrN2S.ClH/c1-9-10(3-2-6-15-9)7-14-8-11-4-5-12(13)16-11;/h2-6,14H,7-8H2,1H3;1H. The first-order chi connectivity index (χ1) is 7.75. The Bertz CT molecular complexity index is 473. The number of nitrogens with zero attached hydrogens (tertiary/aromatic N) is 1. The second kappa shape index (κ2) is 7.11. The molecule has 0 aromatic carbocycles. The van der Waals surface area contributed by atoms with Crippen LogP contribution in [0.3, 0.4) is 0 Å². The highest BCUT2D eigenvalue weighted by atomic mass is 79.9. The van der Waals surface area contributed by atoms with Crippen molar-refractivity contribution < 1.29 is 0 Å². The first kappa shape index (κ1) is 14.6. The summed E-state index contributed by atoms with van der Waals surface area (Å²) in [5, 5.41) is 3.42. The van der Waals surface area contributed by atoms with Crippen LogP contribution < -0.4 is 5.32 Å². The van der Waals surface area contributed by atoms with E-state index in [4.69, 9.17) is 0 Å². The van der Waals surface area contributed by atoms with Crippen LogP contribution in [-0.4, -0.2) is 4.98 Å². The maximum Gasteiger partial charge on any atom is 0.0701 e. The summed E-state index contributed by atoms with van der Waals surface area (Å²) in [6.45, 7) is 3.82. The zero-order valence-electron chi connectivity index (χ0n) is 9.44. The molecule has 0 saturated heterocycles. The van der Waals surface area contributed by atoms with Crippen molar-refractivity contribution in [3.05, 3.63) is 50.4 Å². The Balaban J connectivity index is 0.00000144. The van der Waals surface area contributed by atoms with Crippen LogP contribution in [0.2, 0.25) is 0 Å². The maximum atomic E-state index is 4.26. The Morgan fingerprint density at radius 2 is 2.12 bits per heavy atom. The van der Waals surface area contributed by atoms with Crippen molar-refractivity contribution in [1.29, 1.82) is 0 Å². The Hall–Kier alpha value is -0.420. The van der Waals surface area contributed by atoms with Crippen LogP contribution in [0.4, 0.5) is 0 Å². The molecule has 0 fully saturated rings. The van der Waals surface area contributed by atoms with Crippen LogP contribution in [0.25, 0.3) is 0 Å². The van der Waals surface area contributed by atoms with Gasteiger partial charge in [-0.1, -0.05) is 6.07 Å². The van der Waals surface area contributed by atoms with Gasteiger partial charge in [-0.05, 0) is 46.6 Å². The van der Waals surface area contributed by atoms with Crippen molar-refractivity contribution in [1.82, 2.24) is 10.3 Å². The third-order valence-electron chi connectivity index (χ3n) is 2.36. The van der Waals surface area contributed by atoms with Gasteiger partial charge in [0.1, 0.15) is 0 Å². The van der Waals surface area contributed by atoms with Gasteiger partial charge in [0.2, 0.25) is 0 Å². The molecule has 2 aromatic rings. The van der Waals surface area contributed by atoms with Crippen molar-refractivity contribution in [2.75, 3.05) is 0 Å². The molecule has 0 aliphatic carbocycles. The Labute approximate surface area is 120 Å². The molecule has 0 saturated carbocycles. The lowest BCUT2D eigenvalue weighted by molar-refractivity contribution is 0.695. The topological polar surface area (TPSA) is 24.9 Å². The van der Waals surface area contributed by atoms with E-state index >= 15 is 0 Å². The summed E-state index contributed by atoms with van der Waals surface area (Å²) in [7, 11) is 0. The SMILES string of the molecule is Cc1ncccc1CNCc1ccc(Br)s1.Cl. The highest BCUT2D eigenvalue weighted by molar-refractivity contribution is 9.11. The lowest BCUT2D eigenvalue weighted by atomic mass is 10.2. The summed E-state index contributed by atoms with van der Waals surface area (Å²) in [5.74, 6) is 0. The van der Waals surface area contributed by atoms with Gasteiger partial charge in [0, 0.05) is 29.9 Å². The van der Waals surface area contributed by atoms with Crippen molar-refractivity contribution in [2.24, 2.45) is 0 Å². The van der Waals surface area contributed by atoms with E-state index in [1.165, 1.54) is 14.2 Å². The van der Waals surface area contributed by atoms with E-state index in [9.17, 15) is 0 Å². The molecule has 1 N–H and O–H groups in total. The normalized spacial score (nSPS) is 10.0. The van der Waals surface area contributed by atoms with Gasteiger partial charge >= 0.3 is 0 Å². The summed E-state index contributed by atoms with van der Waals surface area (Å²) in [6, 6.07) is 8.31. The number of aryl methyl sites for hydroxylation is 1. The predicted octanol–water partition coefficient (Wildman–Crippen LogP) is 3.93. The third kappa shape index (κ3) is 4.39. The van der Waals surface area contributed by atoms with Gasteiger partial charge in [-0.25, -0.2) is 0 Å². The lowest BCUT2D eigenvalue weighted by Gasteiger charge is -2.05. The fourth-order valence-corrected chi connectivity index (χ4v) is 2.92. The van der Waals surface area contributed by atoms with E-state index in [0.717, 1.165) is 18.8 Å². The number of pyridine rings is 1. The summed E-state index contributed by atoms with van der Waals surface area (Å²) < 4.78 is 1.18. The van der Waals surface area contributed by atoms with E-state index < -0.39 is 0 Å². The van der Waals surface area contributed by atoms with Gasteiger partial charge in [0.25, 0.3) is 0 Å². The molecule has 0 amide bonds. The quantitative estimate of drug-likeness (QED) is 0.917. The molecule has 0 aliphatic rings. The minimum absolute atomic E-state index is 0. The Morgan fingerprint density at radius 1 is 1.29 bits per heavy atom. The second-order valence-corrected chi connectivity index (χ2v) is 6.10. The summed E-state index contributed by atoms with van der Waals surface area (Å²) in [5.41, 5.74) is 2.36. The molecule has 2 heterocycles. The van der Waals surface area contributed by atoms with E-state index in [2.05, 4.69) is 44.4 Å². The molecular formula is C12H14BrClN2S. The largest absolute Gasteiger partial charge is 0.308 e. The minimum atomic E-state index is 0. The number of thiophene rings is 1. The third-order valence-corrected chi connectivity index (χ3v) is 3.98. The second-order valence-electron chi connectivity index (χ2n) is 3.56. The average molecular weight is 334 g/mol. The van der Waals surface area contributed by atoms with Gasteiger partial charge in [0.05, 0.1) is 3.79 Å². The molecule has 0 radical (unpaired) electrons. The van der Waals surface area contributed by atoms with E-state index in [0.29, 0.717) is 0 Å². The summed E-state index contributed by atoms with van der Waals surface area (Å²) in [4.78, 5) is 5.61. The van der Waals surface area contributed by atoms with Crippen LogP contribution in [0.5, 0.6) is 0 Å². The fraction of sp³-hybridized carbons (Fsp3) is 0.250. The van der Waals surface area contributed by atoms with E-state index in [1.807, 2.05) is 19.2 Å². The predicted molar refractivity (Wildman–Crippen MR) is 78.8 cm³/mol. The first-order valence-electron chi connectivity index (χ1n) is 5.11. The smallest absolute Gasteiger partial charge is 0.0701 e. The van der Waals surface area contributed by atoms with Gasteiger partial charge in [-0.2, -0.15) is 0 Å². The number of halogens is 2. The number of rotatable bonds is 4. The molecule has 2 rings (SSSR count).